The largest absolute Gasteiger partial charge is 0.392 e. The maximum atomic E-state index is 13.0. The highest BCUT2D eigenvalue weighted by molar-refractivity contribution is 5.04. The fraction of sp³-hybridized carbons (Fsp3) is 1.00. The Morgan fingerprint density at radius 2 is 2.07 bits per heavy atom. The number of rotatable bonds is 3. The van der Waals surface area contributed by atoms with Gasteiger partial charge >= 0.3 is 0 Å². The molecular weight excluding hydrogens is 183 g/mol. The Kier molecular flexibility index (Phi) is 2.80. The van der Waals surface area contributed by atoms with E-state index in [1.807, 2.05) is 6.92 Å². The van der Waals surface area contributed by atoms with Crippen molar-refractivity contribution >= 4 is 0 Å². The van der Waals surface area contributed by atoms with Crippen LogP contribution in [0.25, 0.3) is 0 Å². The van der Waals surface area contributed by atoms with Gasteiger partial charge in [0, 0.05) is 18.6 Å². The first-order valence-corrected chi connectivity index (χ1v) is 5.53. The molecule has 0 radical (unpaired) electrons. The molecule has 2 aliphatic rings. The van der Waals surface area contributed by atoms with Gasteiger partial charge in [0.2, 0.25) is 0 Å². The summed E-state index contributed by atoms with van der Waals surface area (Å²) in [6.45, 7) is 3.45. The molecule has 3 unspecified atom stereocenters. The molecule has 3 heteroatoms. The molecule has 1 aliphatic heterocycles. The predicted molar refractivity (Wildman–Crippen MR) is 51.8 cm³/mol. The number of aliphatic hydroxyl groups is 1. The molecule has 0 bridgehead atoms. The summed E-state index contributed by atoms with van der Waals surface area (Å²) in [6.07, 6.45) is 2.09. The minimum atomic E-state index is -0.780. The summed E-state index contributed by atoms with van der Waals surface area (Å²) < 4.78 is 18.2. The van der Waals surface area contributed by atoms with Crippen molar-refractivity contribution in [3.8, 4) is 0 Å². The summed E-state index contributed by atoms with van der Waals surface area (Å²) in [5.41, 5.74) is -0.432. The van der Waals surface area contributed by atoms with Crippen LogP contribution in [-0.2, 0) is 4.74 Å². The van der Waals surface area contributed by atoms with Crippen LogP contribution in [-0.4, -0.2) is 30.6 Å². The molecular formula is C11H19FO2. The third-order valence-electron chi connectivity index (χ3n) is 3.83. The van der Waals surface area contributed by atoms with E-state index in [0.29, 0.717) is 12.3 Å². The third kappa shape index (κ3) is 1.94. The van der Waals surface area contributed by atoms with Crippen LogP contribution in [0.4, 0.5) is 4.39 Å². The minimum Gasteiger partial charge on any atom is -0.392 e. The number of hydrogen-bond donors (Lipinski definition) is 1. The number of ether oxygens (including phenoxy) is 1. The number of aliphatic hydroxyl groups excluding tert-OH is 1. The molecule has 1 N–H and O–H groups in total. The Morgan fingerprint density at radius 3 is 2.57 bits per heavy atom. The van der Waals surface area contributed by atoms with Crippen molar-refractivity contribution in [2.45, 2.75) is 44.9 Å². The summed E-state index contributed by atoms with van der Waals surface area (Å²) in [4.78, 5) is 0. The highest BCUT2D eigenvalue weighted by Crippen LogP contribution is 2.52. The van der Waals surface area contributed by atoms with Crippen LogP contribution in [0.1, 0.15) is 32.6 Å². The molecule has 0 spiro atoms. The zero-order valence-electron chi connectivity index (χ0n) is 8.71. The van der Waals surface area contributed by atoms with Crippen LogP contribution in [0.3, 0.4) is 0 Å². The lowest BCUT2D eigenvalue weighted by molar-refractivity contribution is 0.0201. The highest BCUT2D eigenvalue weighted by atomic mass is 19.1. The SMILES string of the molecule is CC1(C(O)CC2CCOCC2)CC1F. The smallest absolute Gasteiger partial charge is 0.109 e. The van der Waals surface area contributed by atoms with Crippen molar-refractivity contribution in [2.24, 2.45) is 11.3 Å². The van der Waals surface area contributed by atoms with Crippen LogP contribution in [0.5, 0.6) is 0 Å². The maximum absolute atomic E-state index is 13.0. The van der Waals surface area contributed by atoms with E-state index in [2.05, 4.69) is 0 Å². The average Bonchev–Trinajstić information content (AvgIpc) is 2.78. The fourth-order valence-corrected chi connectivity index (χ4v) is 2.24. The van der Waals surface area contributed by atoms with Gasteiger partial charge in [-0.3, -0.25) is 0 Å². The van der Waals surface area contributed by atoms with Crippen molar-refractivity contribution in [2.75, 3.05) is 13.2 Å². The quantitative estimate of drug-likeness (QED) is 0.757. The minimum absolute atomic E-state index is 0.432. The van der Waals surface area contributed by atoms with E-state index in [1.54, 1.807) is 0 Å². The molecule has 1 aliphatic carbocycles. The highest BCUT2D eigenvalue weighted by Gasteiger charge is 2.56. The van der Waals surface area contributed by atoms with Crippen LogP contribution in [0.2, 0.25) is 0 Å². The Balaban J connectivity index is 1.79. The zero-order chi connectivity index (χ0) is 10.2. The first-order chi connectivity index (χ1) is 6.63. The normalized spacial score (nSPS) is 40.9. The molecule has 1 saturated heterocycles. The number of alkyl halides is 1. The van der Waals surface area contributed by atoms with E-state index in [0.717, 1.165) is 32.5 Å². The van der Waals surface area contributed by atoms with Gasteiger partial charge in [-0.2, -0.15) is 0 Å². The second-order valence-corrected chi connectivity index (χ2v) is 4.98. The van der Waals surface area contributed by atoms with Crippen molar-refractivity contribution < 1.29 is 14.2 Å². The first-order valence-electron chi connectivity index (χ1n) is 5.53. The third-order valence-corrected chi connectivity index (χ3v) is 3.83. The summed E-state index contributed by atoms with van der Waals surface area (Å²) in [5, 5.41) is 9.89. The molecule has 1 heterocycles. The second-order valence-electron chi connectivity index (χ2n) is 4.98. The van der Waals surface area contributed by atoms with Crippen molar-refractivity contribution in [1.29, 1.82) is 0 Å². The van der Waals surface area contributed by atoms with E-state index in [9.17, 15) is 9.50 Å². The molecule has 0 amide bonds. The summed E-state index contributed by atoms with van der Waals surface area (Å²) in [6, 6.07) is 0. The summed E-state index contributed by atoms with van der Waals surface area (Å²) in [7, 11) is 0. The second kappa shape index (κ2) is 3.78. The predicted octanol–water partition coefficient (Wildman–Crippen LogP) is 1.91. The van der Waals surface area contributed by atoms with Gasteiger partial charge in [0.05, 0.1) is 6.10 Å². The van der Waals surface area contributed by atoms with Crippen LogP contribution < -0.4 is 0 Å². The standard InChI is InChI=1S/C11H19FO2/c1-11(7-9(11)12)10(13)6-8-2-4-14-5-3-8/h8-10,13H,2-7H2,1H3. The van der Waals surface area contributed by atoms with Gasteiger partial charge in [-0.25, -0.2) is 4.39 Å². The average molecular weight is 202 g/mol. The molecule has 2 fully saturated rings. The van der Waals surface area contributed by atoms with Gasteiger partial charge in [0.1, 0.15) is 6.17 Å². The van der Waals surface area contributed by atoms with Gasteiger partial charge in [-0.05, 0) is 31.6 Å². The Hall–Kier alpha value is -0.150. The van der Waals surface area contributed by atoms with E-state index in [4.69, 9.17) is 4.74 Å². The zero-order valence-corrected chi connectivity index (χ0v) is 8.71. The summed E-state index contributed by atoms with van der Waals surface area (Å²) in [5.74, 6) is 0.531. The van der Waals surface area contributed by atoms with Crippen LogP contribution in [0.15, 0.2) is 0 Å². The Morgan fingerprint density at radius 1 is 1.50 bits per heavy atom. The van der Waals surface area contributed by atoms with Gasteiger partial charge in [0.25, 0.3) is 0 Å². The molecule has 2 nitrogen and oxygen atoms in total. The number of hydrogen-bond acceptors (Lipinski definition) is 2. The Bertz CT molecular complexity index is 203. The van der Waals surface area contributed by atoms with Gasteiger partial charge in [0.15, 0.2) is 0 Å². The van der Waals surface area contributed by atoms with Crippen molar-refractivity contribution in [1.82, 2.24) is 0 Å². The van der Waals surface area contributed by atoms with E-state index >= 15 is 0 Å². The van der Waals surface area contributed by atoms with E-state index < -0.39 is 17.7 Å². The maximum Gasteiger partial charge on any atom is 0.109 e. The molecule has 0 aromatic heterocycles. The lowest BCUT2D eigenvalue weighted by Crippen LogP contribution is -2.27. The molecule has 3 atom stereocenters. The van der Waals surface area contributed by atoms with E-state index in [1.165, 1.54) is 0 Å². The van der Waals surface area contributed by atoms with Gasteiger partial charge in [-0.1, -0.05) is 6.92 Å². The van der Waals surface area contributed by atoms with Gasteiger partial charge in [-0.15, -0.1) is 0 Å². The van der Waals surface area contributed by atoms with Crippen LogP contribution >= 0.6 is 0 Å². The topological polar surface area (TPSA) is 29.5 Å². The fourth-order valence-electron chi connectivity index (χ4n) is 2.24. The molecule has 2 rings (SSSR count). The molecule has 0 aromatic rings. The molecule has 0 aromatic carbocycles. The van der Waals surface area contributed by atoms with Gasteiger partial charge < -0.3 is 9.84 Å². The summed E-state index contributed by atoms with van der Waals surface area (Å²) >= 11 is 0. The van der Waals surface area contributed by atoms with Crippen LogP contribution in [0, 0.1) is 11.3 Å². The molecule has 82 valence electrons. The lowest BCUT2D eigenvalue weighted by atomic mass is 9.87. The molecule has 1 saturated carbocycles. The van der Waals surface area contributed by atoms with Crippen molar-refractivity contribution in [3.63, 3.8) is 0 Å². The first kappa shape index (κ1) is 10.4. The monoisotopic (exact) mass is 202 g/mol. The number of halogens is 1. The van der Waals surface area contributed by atoms with Crippen molar-refractivity contribution in [3.05, 3.63) is 0 Å². The Labute approximate surface area is 84.5 Å². The van der Waals surface area contributed by atoms with E-state index in [-0.39, 0.29) is 0 Å². The molecule has 14 heavy (non-hydrogen) atoms. The lowest BCUT2D eigenvalue weighted by Gasteiger charge is -2.26.